The Morgan fingerprint density at radius 1 is 1.00 bits per heavy atom. The molecule has 2 N–H and O–H groups in total. The van der Waals surface area contributed by atoms with E-state index in [2.05, 4.69) is 12.1 Å². The van der Waals surface area contributed by atoms with E-state index in [9.17, 15) is 8.42 Å². The lowest BCUT2D eigenvalue weighted by molar-refractivity contribution is 0.592. The average Bonchev–Trinajstić information content (AvgIpc) is 2.44. The summed E-state index contributed by atoms with van der Waals surface area (Å²) in [5.41, 5.74) is 8.38. The summed E-state index contributed by atoms with van der Waals surface area (Å²) < 4.78 is 24.6. The summed E-state index contributed by atoms with van der Waals surface area (Å²) in [6, 6.07) is 15.2. The summed E-state index contributed by atoms with van der Waals surface area (Å²) in [5, 5.41) is 0. The molecule has 4 heteroatoms. The maximum Gasteiger partial charge on any atom is 0.180 e. The first kappa shape index (κ1) is 15.6. The number of hydrogen-bond donors (Lipinski definition) is 1. The van der Waals surface area contributed by atoms with Gasteiger partial charge in [-0.25, -0.2) is 8.42 Å². The fraction of sp³-hybridized carbons (Fsp3) is 0.294. The second-order valence-electron chi connectivity index (χ2n) is 5.30. The Kier molecular flexibility index (Phi) is 5.02. The van der Waals surface area contributed by atoms with Gasteiger partial charge >= 0.3 is 0 Å². The molecule has 0 radical (unpaired) electrons. The Labute approximate surface area is 126 Å². The molecule has 0 aromatic heterocycles. The molecule has 21 heavy (non-hydrogen) atoms. The number of unbranched alkanes of at least 4 members (excludes halogenated alkanes) is 1. The molecule has 0 aliphatic carbocycles. The molecule has 2 aromatic rings. The van der Waals surface area contributed by atoms with Gasteiger partial charge in [0.1, 0.15) is 0 Å². The minimum absolute atomic E-state index is 0.146. The summed E-state index contributed by atoms with van der Waals surface area (Å²) in [6.45, 7) is 1.90. The SMILES string of the molecule is Cc1ccc(S(=O)(=O)CCCCc2ccccc2)c(N)c1. The zero-order valence-corrected chi connectivity index (χ0v) is 13.1. The molecule has 0 unspecified atom stereocenters. The highest BCUT2D eigenvalue weighted by atomic mass is 32.2. The van der Waals surface area contributed by atoms with E-state index in [0.717, 1.165) is 18.4 Å². The molecular weight excluding hydrogens is 282 g/mol. The number of nitrogens with two attached hydrogens (primary N) is 1. The first-order valence-electron chi connectivity index (χ1n) is 7.12. The molecule has 0 atom stereocenters. The highest BCUT2D eigenvalue weighted by Crippen LogP contribution is 2.21. The molecule has 0 saturated carbocycles. The Morgan fingerprint density at radius 3 is 2.38 bits per heavy atom. The number of sulfone groups is 1. The second-order valence-corrected chi connectivity index (χ2v) is 7.38. The lowest BCUT2D eigenvalue weighted by Crippen LogP contribution is -2.10. The Balaban J connectivity index is 1.92. The number of anilines is 1. The van der Waals surface area contributed by atoms with Gasteiger partial charge in [0, 0.05) is 0 Å². The third-order valence-electron chi connectivity index (χ3n) is 3.47. The van der Waals surface area contributed by atoms with Crippen LogP contribution in [0.4, 0.5) is 5.69 Å². The Morgan fingerprint density at radius 2 is 1.71 bits per heavy atom. The number of rotatable bonds is 6. The Bertz CT molecular complexity index is 694. The molecule has 0 fully saturated rings. The van der Waals surface area contributed by atoms with Crippen molar-refractivity contribution in [3.05, 3.63) is 59.7 Å². The lowest BCUT2D eigenvalue weighted by atomic mass is 10.1. The fourth-order valence-corrected chi connectivity index (χ4v) is 3.82. The predicted molar refractivity (Wildman–Crippen MR) is 87.0 cm³/mol. The molecule has 0 aliphatic heterocycles. The fourth-order valence-electron chi connectivity index (χ4n) is 2.33. The molecule has 2 rings (SSSR count). The van der Waals surface area contributed by atoms with Crippen LogP contribution in [0, 0.1) is 6.92 Å². The smallest absolute Gasteiger partial charge is 0.180 e. The van der Waals surface area contributed by atoms with Gasteiger partial charge in [-0.15, -0.1) is 0 Å². The van der Waals surface area contributed by atoms with Crippen molar-refractivity contribution in [3.8, 4) is 0 Å². The molecule has 0 heterocycles. The molecule has 0 spiro atoms. The Hall–Kier alpha value is -1.81. The summed E-state index contributed by atoms with van der Waals surface area (Å²) in [7, 11) is -3.29. The van der Waals surface area contributed by atoms with E-state index in [1.807, 2.05) is 25.1 Å². The van der Waals surface area contributed by atoms with Crippen molar-refractivity contribution < 1.29 is 8.42 Å². The lowest BCUT2D eigenvalue weighted by Gasteiger charge is -2.08. The van der Waals surface area contributed by atoms with E-state index in [0.29, 0.717) is 12.1 Å². The first-order chi connectivity index (χ1) is 9.99. The van der Waals surface area contributed by atoms with Crippen LogP contribution in [0.1, 0.15) is 24.0 Å². The highest BCUT2D eigenvalue weighted by molar-refractivity contribution is 7.91. The summed E-state index contributed by atoms with van der Waals surface area (Å²) in [5.74, 6) is 0.146. The van der Waals surface area contributed by atoms with Crippen molar-refractivity contribution >= 4 is 15.5 Å². The maximum atomic E-state index is 12.3. The topological polar surface area (TPSA) is 60.2 Å². The molecule has 0 bridgehead atoms. The largest absolute Gasteiger partial charge is 0.398 e. The van der Waals surface area contributed by atoms with Crippen LogP contribution in [0.25, 0.3) is 0 Å². The average molecular weight is 303 g/mol. The van der Waals surface area contributed by atoms with Gasteiger partial charge in [0.25, 0.3) is 0 Å². The van der Waals surface area contributed by atoms with Gasteiger partial charge in [0.05, 0.1) is 16.3 Å². The monoisotopic (exact) mass is 303 g/mol. The molecule has 0 amide bonds. The molecule has 0 aliphatic rings. The molecular formula is C17H21NO2S. The minimum Gasteiger partial charge on any atom is -0.398 e. The number of benzene rings is 2. The van der Waals surface area contributed by atoms with E-state index in [-0.39, 0.29) is 10.6 Å². The van der Waals surface area contributed by atoms with Crippen LogP contribution in [0.5, 0.6) is 0 Å². The van der Waals surface area contributed by atoms with Crippen LogP contribution >= 0.6 is 0 Å². The van der Waals surface area contributed by atoms with Crippen LogP contribution in [-0.2, 0) is 16.3 Å². The molecule has 3 nitrogen and oxygen atoms in total. The van der Waals surface area contributed by atoms with Gasteiger partial charge in [-0.3, -0.25) is 0 Å². The zero-order valence-electron chi connectivity index (χ0n) is 12.2. The first-order valence-corrected chi connectivity index (χ1v) is 8.77. The van der Waals surface area contributed by atoms with E-state index in [1.54, 1.807) is 18.2 Å². The van der Waals surface area contributed by atoms with Gasteiger partial charge < -0.3 is 5.73 Å². The summed E-state index contributed by atoms with van der Waals surface area (Å²) in [4.78, 5) is 0.257. The number of aryl methyl sites for hydroxylation is 2. The van der Waals surface area contributed by atoms with Crippen molar-refractivity contribution in [2.75, 3.05) is 11.5 Å². The normalized spacial score (nSPS) is 11.5. The molecule has 112 valence electrons. The van der Waals surface area contributed by atoms with E-state index in [4.69, 9.17) is 5.73 Å². The van der Waals surface area contributed by atoms with E-state index in [1.165, 1.54) is 5.56 Å². The van der Waals surface area contributed by atoms with Gasteiger partial charge in [-0.2, -0.15) is 0 Å². The minimum atomic E-state index is -3.29. The van der Waals surface area contributed by atoms with Crippen molar-refractivity contribution in [2.24, 2.45) is 0 Å². The zero-order chi connectivity index (χ0) is 15.3. The van der Waals surface area contributed by atoms with Crippen LogP contribution in [0.15, 0.2) is 53.4 Å². The van der Waals surface area contributed by atoms with Crippen molar-refractivity contribution in [1.29, 1.82) is 0 Å². The van der Waals surface area contributed by atoms with Crippen LogP contribution in [-0.4, -0.2) is 14.2 Å². The third kappa shape index (κ3) is 4.33. The predicted octanol–water partition coefficient (Wildman–Crippen LogP) is 3.37. The van der Waals surface area contributed by atoms with Crippen molar-refractivity contribution in [3.63, 3.8) is 0 Å². The van der Waals surface area contributed by atoms with Crippen molar-refractivity contribution in [1.82, 2.24) is 0 Å². The summed E-state index contributed by atoms with van der Waals surface area (Å²) in [6.07, 6.45) is 2.40. The maximum absolute atomic E-state index is 12.3. The third-order valence-corrected chi connectivity index (χ3v) is 5.34. The van der Waals surface area contributed by atoms with Gasteiger partial charge in [0.2, 0.25) is 0 Å². The standard InChI is InChI=1S/C17H21NO2S/c1-14-10-11-17(16(18)13-14)21(19,20)12-6-5-9-15-7-3-2-4-8-15/h2-4,7-8,10-11,13H,5-6,9,12,18H2,1H3. The van der Waals surface area contributed by atoms with Gasteiger partial charge in [0.15, 0.2) is 9.84 Å². The molecule has 2 aromatic carbocycles. The van der Waals surface area contributed by atoms with Crippen molar-refractivity contribution in [2.45, 2.75) is 31.1 Å². The van der Waals surface area contributed by atoms with E-state index >= 15 is 0 Å². The number of nitrogen functional groups attached to an aromatic ring is 1. The second kappa shape index (κ2) is 6.76. The molecule has 0 saturated heterocycles. The van der Waals surface area contributed by atoms with Gasteiger partial charge in [-0.1, -0.05) is 36.4 Å². The number of hydrogen-bond acceptors (Lipinski definition) is 3. The van der Waals surface area contributed by atoms with E-state index < -0.39 is 9.84 Å². The van der Waals surface area contributed by atoms with Crippen LogP contribution < -0.4 is 5.73 Å². The quantitative estimate of drug-likeness (QED) is 0.657. The van der Waals surface area contributed by atoms with Crippen LogP contribution in [0.2, 0.25) is 0 Å². The van der Waals surface area contributed by atoms with Gasteiger partial charge in [-0.05, 0) is 49.4 Å². The van der Waals surface area contributed by atoms with Crippen LogP contribution in [0.3, 0.4) is 0 Å². The highest BCUT2D eigenvalue weighted by Gasteiger charge is 2.17. The summed E-state index contributed by atoms with van der Waals surface area (Å²) >= 11 is 0.